The van der Waals surface area contributed by atoms with Crippen molar-refractivity contribution in [2.75, 3.05) is 19.8 Å². The number of rotatable bonds is 16. The van der Waals surface area contributed by atoms with Crippen LogP contribution in [0.4, 0.5) is 0 Å². The Morgan fingerprint density at radius 2 is 1.71 bits per heavy atom. The number of hydrogen-bond donors (Lipinski definition) is 3. The van der Waals surface area contributed by atoms with Crippen LogP contribution in [0.25, 0.3) is 10.9 Å². The maximum Gasteiger partial charge on any atom is 0.306 e. The number of ketones is 1. The molecule has 8 nitrogen and oxygen atoms in total. The number of halogens is 2. The van der Waals surface area contributed by atoms with Gasteiger partial charge in [-0.3, -0.25) is 14.4 Å². The molecule has 5 atom stereocenters. The minimum Gasteiger partial charge on any atom is -0.461 e. The van der Waals surface area contributed by atoms with Gasteiger partial charge in [0.2, 0.25) is 5.91 Å². The van der Waals surface area contributed by atoms with E-state index in [-0.39, 0.29) is 55.3 Å². The molecule has 282 valence electrons. The number of amides is 1. The summed E-state index contributed by atoms with van der Waals surface area (Å²) in [6.07, 6.45) is 4.77. The molecule has 3 aromatic rings. The molecule has 52 heavy (non-hydrogen) atoms. The van der Waals surface area contributed by atoms with Gasteiger partial charge in [-0.1, -0.05) is 106 Å². The third-order valence-electron chi connectivity index (χ3n) is 11.5. The van der Waals surface area contributed by atoms with Crippen molar-refractivity contribution < 1.29 is 23.9 Å². The van der Waals surface area contributed by atoms with Crippen LogP contribution in [0.2, 0.25) is 10.0 Å². The molecule has 2 aliphatic rings. The number of H-pyrrole nitrogens is 1. The fourth-order valence-electron chi connectivity index (χ4n) is 7.59. The predicted molar refractivity (Wildman–Crippen MR) is 212 cm³/mol. The number of nitrogens with one attached hydrogen (secondary N) is 3. The third kappa shape index (κ3) is 9.76. The summed E-state index contributed by atoms with van der Waals surface area (Å²) < 4.78 is 11.2. The zero-order valence-electron chi connectivity index (χ0n) is 30.8. The number of aromatic nitrogens is 1. The van der Waals surface area contributed by atoms with Crippen LogP contribution in [0.15, 0.2) is 42.5 Å². The van der Waals surface area contributed by atoms with E-state index in [2.05, 4.69) is 29.5 Å². The van der Waals surface area contributed by atoms with Crippen LogP contribution in [-0.2, 0) is 43.3 Å². The van der Waals surface area contributed by atoms with E-state index in [1.807, 2.05) is 50.2 Å². The lowest BCUT2D eigenvalue weighted by Crippen LogP contribution is -2.60. The van der Waals surface area contributed by atoms with Gasteiger partial charge >= 0.3 is 5.97 Å². The molecule has 11 heteroatoms. The first-order valence-electron chi connectivity index (χ1n) is 18.8. The second-order valence-electron chi connectivity index (χ2n) is 14.9. The lowest BCUT2D eigenvalue weighted by Gasteiger charge is -2.40. The number of thiocarbonyl (C=S) groups is 1. The molecule has 2 aromatic carbocycles. The van der Waals surface area contributed by atoms with Crippen LogP contribution >= 0.6 is 35.4 Å². The quantitative estimate of drug-likeness (QED) is 0.0990. The average molecular weight is 771 g/mol. The van der Waals surface area contributed by atoms with Crippen LogP contribution in [-0.4, -0.2) is 52.9 Å². The molecule has 1 saturated heterocycles. The van der Waals surface area contributed by atoms with Crippen molar-refractivity contribution in [1.82, 2.24) is 15.6 Å². The molecule has 0 spiro atoms. The summed E-state index contributed by atoms with van der Waals surface area (Å²) in [5.74, 6) is -1.23. The number of benzene rings is 2. The van der Waals surface area contributed by atoms with Crippen molar-refractivity contribution >= 4 is 69.0 Å². The monoisotopic (exact) mass is 769 g/mol. The molecule has 2 heterocycles. The fraction of sp³-hybridized carbons (Fsp3) is 0.561. The highest BCUT2D eigenvalue weighted by Crippen LogP contribution is 2.40. The van der Waals surface area contributed by atoms with E-state index in [4.69, 9.17) is 44.9 Å². The van der Waals surface area contributed by atoms with Crippen LogP contribution in [0, 0.1) is 29.6 Å². The van der Waals surface area contributed by atoms with E-state index in [9.17, 15) is 14.4 Å². The van der Waals surface area contributed by atoms with Crippen LogP contribution in [0.3, 0.4) is 0 Å². The normalized spacial score (nSPS) is 20.0. The number of ether oxygens (including phenoxy) is 2. The first-order chi connectivity index (χ1) is 24.9. The molecular weight excluding hydrogens is 717 g/mol. The number of fused-ring (bicyclic) bond motifs is 3. The molecule has 3 N–H and O–H groups in total. The lowest BCUT2D eigenvalue weighted by atomic mass is 9.72. The van der Waals surface area contributed by atoms with E-state index in [1.165, 1.54) is 0 Å². The maximum absolute atomic E-state index is 15.0. The minimum absolute atomic E-state index is 0.0657. The minimum atomic E-state index is -1.23. The Balaban J connectivity index is 1.43. The fourth-order valence-corrected chi connectivity index (χ4v) is 8.53. The highest BCUT2D eigenvalue weighted by Gasteiger charge is 2.46. The first-order valence-corrected chi connectivity index (χ1v) is 20.0. The molecule has 1 amide bonds. The van der Waals surface area contributed by atoms with E-state index in [1.54, 1.807) is 6.07 Å². The van der Waals surface area contributed by atoms with E-state index < -0.39 is 17.4 Å². The van der Waals surface area contributed by atoms with Crippen LogP contribution < -0.4 is 10.6 Å². The molecule has 5 rings (SSSR count). The average Bonchev–Trinajstić information content (AvgIpc) is 3.51. The largest absolute Gasteiger partial charge is 0.461 e. The number of carbonyl (C=O) groups excluding carboxylic acids is 3. The van der Waals surface area contributed by atoms with Crippen molar-refractivity contribution in [2.45, 2.75) is 97.6 Å². The third-order valence-corrected chi connectivity index (χ3v) is 12.4. The van der Waals surface area contributed by atoms with Crippen molar-refractivity contribution in [1.29, 1.82) is 0 Å². The van der Waals surface area contributed by atoms with Crippen LogP contribution in [0.1, 0.15) is 89.5 Å². The molecule has 2 unspecified atom stereocenters. The number of aryl methyl sites for hydroxylation is 1. The van der Waals surface area contributed by atoms with Crippen LogP contribution in [0.5, 0.6) is 0 Å². The Morgan fingerprint density at radius 3 is 2.40 bits per heavy atom. The van der Waals surface area contributed by atoms with Gasteiger partial charge < -0.3 is 25.1 Å². The van der Waals surface area contributed by atoms with Gasteiger partial charge in [0.1, 0.15) is 12.1 Å². The van der Waals surface area contributed by atoms with E-state index >= 15 is 0 Å². The summed E-state index contributed by atoms with van der Waals surface area (Å²) in [5.41, 5.74) is 2.31. The smallest absolute Gasteiger partial charge is 0.306 e. The number of carbonyl (C=O) groups is 3. The highest BCUT2D eigenvalue weighted by molar-refractivity contribution is 7.80. The zero-order chi connectivity index (χ0) is 37.4. The van der Waals surface area contributed by atoms with Gasteiger partial charge in [0.05, 0.1) is 27.9 Å². The summed E-state index contributed by atoms with van der Waals surface area (Å²) in [6, 6.07) is 13.0. The molecule has 1 aliphatic carbocycles. The summed E-state index contributed by atoms with van der Waals surface area (Å²) >= 11 is 19.1. The summed E-state index contributed by atoms with van der Waals surface area (Å²) in [6.45, 7) is 10.6. The second kappa shape index (κ2) is 18.4. The van der Waals surface area contributed by atoms with Gasteiger partial charge in [-0.2, -0.15) is 0 Å². The highest BCUT2D eigenvalue weighted by atomic mass is 35.5. The zero-order valence-corrected chi connectivity index (χ0v) is 33.2. The van der Waals surface area contributed by atoms with Gasteiger partial charge in [0.25, 0.3) is 0 Å². The standard InChI is InChI=1S/C41H53Cl2N3O5S/c1-5-25(3)30(21-37(48)51-24-28-10-8-7-9-11-28)39(49)46-41(15-12-35-33(22-41)32-18-29(42)19-34(43)38(32)45-35)36(47)20-31(26(4)6-2)40(52)44-23-27-13-16-50-17-14-27/h7-11,18-19,25-27,30-31,45H,5-6,12-17,20-24H2,1-4H3,(H,44,52)(H,46,49)/t25?,26?,30-,31-,41+/m0/s1. The Bertz CT molecular complexity index is 1730. The Morgan fingerprint density at radius 1 is 1.02 bits per heavy atom. The second-order valence-corrected chi connectivity index (χ2v) is 16.2. The molecule has 0 saturated carbocycles. The number of esters is 1. The van der Waals surface area contributed by atoms with Crippen molar-refractivity contribution in [3.63, 3.8) is 0 Å². The first kappa shape index (κ1) is 40.2. The Hall–Kier alpha value is -2.98. The van der Waals surface area contributed by atoms with Gasteiger partial charge in [-0.25, -0.2) is 0 Å². The van der Waals surface area contributed by atoms with Crippen molar-refractivity contribution in [3.05, 3.63) is 69.3 Å². The molecule has 0 radical (unpaired) electrons. The van der Waals surface area contributed by atoms with Gasteiger partial charge in [-0.05, 0) is 66.7 Å². The summed E-state index contributed by atoms with van der Waals surface area (Å²) in [7, 11) is 0. The van der Waals surface area contributed by atoms with Gasteiger partial charge in [0.15, 0.2) is 5.78 Å². The predicted octanol–water partition coefficient (Wildman–Crippen LogP) is 8.58. The molecule has 1 fully saturated rings. The molecule has 1 aromatic heterocycles. The summed E-state index contributed by atoms with van der Waals surface area (Å²) in [5, 5.41) is 8.63. The number of aromatic amines is 1. The Kier molecular flexibility index (Phi) is 14.2. The van der Waals surface area contributed by atoms with Crippen molar-refractivity contribution in [3.8, 4) is 0 Å². The number of Topliss-reactive ketones (excluding diaryl/α,β-unsaturated/α-hetero) is 1. The lowest BCUT2D eigenvalue weighted by molar-refractivity contribution is -0.149. The topological polar surface area (TPSA) is 110 Å². The van der Waals surface area contributed by atoms with Crippen molar-refractivity contribution in [2.24, 2.45) is 29.6 Å². The van der Waals surface area contributed by atoms with Gasteiger partial charge in [0, 0.05) is 54.6 Å². The number of hydrogen-bond acceptors (Lipinski definition) is 6. The van der Waals surface area contributed by atoms with E-state index in [0.29, 0.717) is 40.2 Å². The maximum atomic E-state index is 15.0. The molecule has 0 bridgehead atoms. The summed E-state index contributed by atoms with van der Waals surface area (Å²) in [4.78, 5) is 46.8. The van der Waals surface area contributed by atoms with Gasteiger partial charge in [-0.15, -0.1) is 0 Å². The SMILES string of the molecule is CCC(C)[C@H](CC(=O)OCc1ccccc1)C(=O)N[C@]1(C(=O)C[C@H](C(=S)NCC2CCOCC2)C(C)CC)CCc2[nH]c3c(Cl)cc(Cl)cc3c2C1. The Labute approximate surface area is 323 Å². The molecular formula is C41H53Cl2N3O5S. The molecule has 1 aliphatic heterocycles. The van der Waals surface area contributed by atoms with E-state index in [0.717, 1.165) is 66.7 Å².